The van der Waals surface area contributed by atoms with Crippen LogP contribution in [0.5, 0.6) is 0 Å². The highest BCUT2D eigenvalue weighted by molar-refractivity contribution is 5.73. The predicted octanol–water partition coefficient (Wildman–Crippen LogP) is 3.69. The van der Waals surface area contributed by atoms with Crippen molar-refractivity contribution in [2.24, 2.45) is 0 Å². The smallest absolute Gasteiger partial charge is 0.407 e. The minimum absolute atomic E-state index is 0.159. The van der Waals surface area contributed by atoms with Crippen molar-refractivity contribution in [2.75, 3.05) is 19.8 Å². The lowest BCUT2D eigenvalue weighted by Gasteiger charge is -2.23. The Morgan fingerprint density at radius 1 is 1.06 bits per heavy atom. The third kappa shape index (κ3) is 13.7. The average molecular weight is 439 g/mol. The Kier molecular flexibility index (Phi) is 12.8. The number of ether oxygens (including phenoxy) is 1. The second kappa shape index (κ2) is 14.8. The molecule has 0 aliphatic rings. The van der Waals surface area contributed by atoms with Crippen LogP contribution in [0.2, 0.25) is 0 Å². The molecule has 1 aromatic carbocycles. The molecule has 0 fully saturated rings. The van der Waals surface area contributed by atoms with E-state index in [0.717, 1.165) is 12.8 Å². The third-order valence-electron chi connectivity index (χ3n) is 4.42. The van der Waals surface area contributed by atoms with Gasteiger partial charge in [0.2, 0.25) is 0 Å². The third-order valence-corrected chi connectivity index (χ3v) is 4.42. The van der Waals surface area contributed by atoms with Gasteiger partial charge in [-0.2, -0.15) is 0 Å². The number of carbonyl (C=O) groups excluding carboxylic acids is 1. The summed E-state index contributed by atoms with van der Waals surface area (Å²) in [7, 11) is 0. The molecular formula is C23H38N2O6. The molecule has 0 aliphatic carbocycles. The molecular weight excluding hydrogens is 400 g/mol. The Labute approximate surface area is 185 Å². The number of hydrogen-bond donors (Lipinski definition) is 3. The maximum Gasteiger partial charge on any atom is 0.407 e. The van der Waals surface area contributed by atoms with Crippen LogP contribution >= 0.6 is 0 Å². The predicted molar refractivity (Wildman–Crippen MR) is 119 cm³/mol. The van der Waals surface area contributed by atoms with Gasteiger partial charge in [0.05, 0.1) is 13.2 Å². The standard InChI is InChI=1S/C23H38N2O6/c1-5-29-30-17-19(15-14-18-11-7-6-8-12-18)25-20(21(26)27)13-9-10-16-24-22(28)31-23(2,3)4/h6-8,11-12,19-20,25H,5,9-10,13-17H2,1-4H3,(H,24,28)(H,26,27)/t19?,20-/m0/s1. The van der Waals surface area contributed by atoms with Crippen molar-refractivity contribution in [1.29, 1.82) is 0 Å². The SMILES string of the molecule is CCOOCC(CCc1ccccc1)N[C@@H](CCCCNC(=O)OC(C)(C)C)C(=O)O. The fourth-order valence-electron chi connectivity index (χ4n) is 2.95. The van der Waals surface area contributed by atoms with E-state index in [4.69, 9.17) is 14.5 Å². The van der Waals surface area contributed by atoms with Gasteiger partial charge in [-0.3, -0.25) is 10.1 Å². The van der Waals surface area contributed by atoms with E-state index in [2.05, 4.69) is 10.6 Å². The number of carboxylic acid groups (broad SMARTS) is 1. The van der Waals surface area contributed by atoms with Crippen LogP contribution in [0, 0.1) is 0 Å². The molecule has 0 spiro atoms. The Balaban J connectivity index is 2.46. The fraction of sp³-hybridized carbons (Fsp3) is 0.652. The van der Waals surface area contributed by atoms with Crippen molar-refractivity contribution in [1.82, 2.24) is 10.6 Å². The summed E-state index contributed by atoms with van der Waals surface area (Å²) in [5.74, 6) is -0.902. The maximum atomic E-state index is 11.7. The number of aryl methyl sites for hydroxylation is 1. The number of benzene rings is 1. The van der Waals surface area contributed by atoms with Crippen LogP contribution in [-0.2, 0) is 25.7 Å². The van der Waals surface area contributed by atoms with Gasteiger partial charge >= 0.3 is 12.1 Å². The molecule has 0 aliphatic heterocycles. The van der Waals surface area contributed by atoms with Gasteiger partial charge in [-0.05, 0) is 65.4 Å². The van der Waals surface area contributed by atoms with Gasteiger partial charge in [0.1, 0.15) is 11.6 Å². The average Bonchev–Trinajstić information content (AvgIpc) is 2.69. The zero-order valence-electron chi connectivity index (χ0n) is 19.2. The van der Waals surface area contributed by atoms with Gasteiger partial charge < -0.3 is 15.2 Å². The highest BCUT2D eigenvalue weighted by atomic mass is 17.2. The fourth-order valence-corrected chi connectivity index (χ4v) is 2.95. The van der Waals surface area contributed by atoms with Crippen LogP contribution in [0.15, 0.2) is 30.3 Å². The molecule has 8 heteroatoms. The first-order valence-electron chi connectivity index (χ1n) is 10.9. The molecule has 0 saturated carbocycles. The first-order valence-corrected chi connectivity index (χ1v) is 10.9. The monoisotopic (exact) mass is 438 g/mol. The highest BCUT2D eigenvalue weighted by Gasteiger charge is 2.22. The van der Waals surface area contributed by atoms with Crippen LogP contribution in [0.25, 0.3) is 0 Å². The van der Waals surface area contributed by atoms with E-state index in [1.807, 2.05) is 37.3 Å². The number of unbranched alkanes of at least 4 members (excludes halogenated alkanes) is 1. The van der Waals surface area contributed by atoms with Gasteiger partial charge in [-0.25, -0.2) is 14.6 Å². The lowest BCUT2D eigenvalue weighted by molar-refractivity contribution is -0.294. The first kappa shape index (κ1) is 26.9. The number of hydrogen-bond acceptors (Lipinski definition) is 6. The Bertz CT molecular complexity index is 633. The molecule has 1 amide bonds. The van der Waals surface area contributed by atoms with Crippen LogP contribution in [0.4, 0.5) is 4.79 Å². The van der Waals surface area contributed by atoms with E-state index in [0.29, 0.717) is 32.4 Å². The molecule has 31 heavy (non-hydrogen) atoms. The lowest BCUT2D eigenvalue weighted by Crippen LogP contribution is -2.45. The minimum atomic E-state index is -0.902. The maximum absolute atomic E-state index is 11.7. The summed E-state index contributed by atoms with van der Waals surface area (Å²) in [6.07, 6.45) is 2.82. The van der Waals surface area contributed by atoms with Crippen molar-refractivity contribution in [3.8, 4) is 0 Å². The summed E-state index contributed by atoms with van der Waals surface area (Å²) in [6, 6.07) is 9.18. The molecule has 176 valence electrons. The lowest BCUT2D eigenvalue weighted by atomic mass is 10.0. The van der Waals surface area contributed by atoms with Gasteiger partial charge in [-0.15, -0.1) is 0 Å². The number of nitrogens with one attached hydrogen (secondary N) is 2. The number of amides is 1. The van der Waals surface area contributed by atoms with E-state index in [9.17, 15) is 14.7 Å². The molecule has 1 unspecified atom stereocenters. The van der Waals surface area contributed by atoms with Crippen molar-refractivity contribution in [3.63, 3.8) is 0 Å². The Morgan fingerprint density at radius 2 is 1.77 bits per heavy atom. The minimum Gasteiger partial charge on any atom is -0.480 e. The van der Waals surface area contributed by atoms with E-state index < -0.39 is 23.7 Å². The number of rotatable bonds is 15. The summed E-state index contributed by atoms with van der Waals surface area (Å²) in [5.41, 5.74) is 0.645. The number of aliphatic carboxylic acids is 1. The second-order valence-corrected chi connectivity index (χ2v) is 8.39. The van der Waals surface area contributed by atoms with Crippen molar-refractivity contribution in [2.45, 2.75) is 77.5 Å². The first-order chi connectivity index (χ1) is 14.7. The van der Waals surface area contributed by atoms with Crippen molar-refractivity contribution in [3.05, 3.63) is 35.9 Å². The Morgan fingerprint density at radius 3 is 2.39 bits per heavy atom. The van der Waals surface area contributed by atoms with Crippen LogP contribution in [0.3, 0.4) is 0 Å². The van der Waals surface area contributed by atoms with Gasteiger partial charge in [0.15, 0.2) is 0 Å². The summed E-state index contributed by atoms with van der Waals surface area (Å²) >= 11 is 0. The molecule has 2 atom stereocenters. The molecule has 0 aromatic heterocycles. The molecule has 8 nitrogen and oxygen atoms in total. The summed E-state index contributed by atoms with van der Waals surface area (Å²) in [4.78, 5) is 33.6. The van der Waals surface area contributed by atoms with Crippen LogP contribution in [0.1, 0.15) is 58.9 Å². The van der Waals surface area contributed by atoms with Crippen molar-refractivity contribution < 1.29 is 29.2 Å². The second-order valence-electron chi connectivity index (χ2n) is 8.39. The molecule has 0 radical (unpaired) electrons. The summed E-state index contributed by atoms with van der Waals surface area (Å²) in [5, 5.41) is 15.5. The van der Waals surface area contributed by atoms with Gasteiger partial charge in [0.25, 0.3) is 0 Å². The molecule has 1 aromatic rings. The molecule has 1 rings (SSSR count). The topological polar surface area (TPSA) is 106 Å². The molecule has 0 bridgehead atoms. The van der Waals surface area contributed by atoms with E-state index in [1.165, 1.54) is 5.56 Å². The van der Waals surface area contributed by atoms with Gasteiger partial charge in [-0.1, -0.05) is 30.3 Å². The van der Waals surface area contributed by atoms with Crippen LogP contribution < -0.4 is 10.6 Å². The van der Waals surface area contributed by atoms with E-state index >= 15 is 0 Å². The zero-order valence-corrected chi connectivity index (χ0v) is 19.2. The molecule has 0 heterocycles. The molecule has 0 saturated heterocycles. The number of carbonyl (C=O) groups is 2. The van der Waals surface area contributed by atoms with Gasteiger partial charge in [0, 0.05) is 12.6 Å². The van der Waals surface area contributed by atoms with E-state index in [-0.39, 0.29) is 12.6 Å². The Hall–Kier alpha value is -2.16. The zero-order chi connectivity index (χ0) is 23.1. The number of carboxylic acids is 1. The summed E-state index contributed by atoms with van der Waals surface area (Å²) < 4.78 is 5.18. The van der Waals surface area contributed by atoms with Crippen molar-refractivity contribution >= 4 is 12.1 Å². The highest BCUT2D eigenvalue weighted by Crippen LogP contribution is 2.10. The largest absolute Gasteiger partial charge is 0.480 e. The summed E-state index contributed by atoms with van der Waals surface area (Å²) in [6.45, 7) is 8.38. The van der Waals surface area contributed by atoms with E-state index in [1.54, 1.807) is 20.8 Å². The molecule has 3 N–H and O–H groups in total. The van der Waals surface area contributed by atoms with Crippen LogP contribution in [-0.4, -0.2) is 54.6 Å². The normalized spacial score (nSPS) is 13.4. The number of alkyl carbamates (subject to hydrolysis) is 1. The quantitative estimate of drug-likeness (QED) is 0.218.